The number of fused-ring (bicyclic) bond motifs is 1. The maximum Gasteiger partial charge on any atom is 0.407 e. The van der Waals surface area contributed by atoms with Crippen molar-refractivity contribution >= 4 is 29.0 Å². The van der Waals surface area contributed by atoms with Crippen molar-refractivity contribution in [3.05, 3.63) is 71.8 Å². The first-order chi connectivity index (χ1) is 31.4. The molecule has 0 spiro atoms. The molecule has 2 heterocycles. The van der Waals surface area contributed by atoms with Crippen LogP contribution >= 0.6 is 0 Å². The molecule has 1 amide bonds. The molecular weight excluding hydrogens is 891 g/mol. The first kappa shape index (κ1) is 61.6. The highest BCUT2D eigenvalue weighted by Gasteiger charge is 2.44. The summed E-state index contributed by atoms with van der Waals surface area (Å²) in [6.07, 6.45) is 2.74. The van der Waals surface area contributed by atoms with Gasteiger partial charge >= 0.3 is 6.09 Å². The van der Waals surface area contributed by atoms with Crippen molar-refractivity contribution in [1.29, 1.82) is 0 Å². The lowest BCUT2D eigenvalue weighted by molar-refractivity contribution is -0.115. The molecular formula is C54H97N3O9Si2. The fraction of sp³-hybridized carbons (Fsp3) is 0.741. The molecule has 0 aliphatic carbocycles. The standard InChI is InChI=1S/C25H47NO2Si.C17H24N2O5.C12H26O2Si/c1-20(2)22(17-21-13-11-10-12-14-21)23(27)18-26-19-25(6,7)15-16-28-29(8,9)24(3,4)5;18-9-14(20)13(8-11-4-2-1-3-5-11)19-17(21)24-15-10-23-16-12(15)6-7-22-16;1-11(2,3)15(6,7)14-9-8-12(4,5)10-13/h10-14,20,22-23,26-27H,15-19H2,1-9H3;1-5,12-16,20H,6-10,18H2,(H,19,21);10H,8-9H2,1-7H3/t22-,23-;12-,13-,14+,15-,16+;/m10./s1. The normalized spacial score (nSPS) is 19.7. The molecule has 2 saturated heterocycles. The van der Waals surface area contributed by atoms with Gasteiger partial charge in [0.1, 0.15) is 12.4 Å². The van der Waals surface area contributed by atoms with Crippen LogP contribution in [0.3, 0.4) is 0 Å². The predicted octanol–water partition coefficient (Wildman–Crippen LogP) is 9.92. The number of amides is 1. The van der Waals surface area contributed by atoms with Crippen LogP contribution in [0.25, 0.3) is 0 Å². The van der Waals surface area contributed by atoms with Crippen LogP contribution in [0.4, 0.5) is 4.79 Å². The van der Waals surface area contributed by atoms with E-state index in [0.717, 1.165) is 50.7 Å². The molecule has 0 bridgehead atoms. The molecule has 68 heavy (non-hydrogen) atoms. The van der Waals surface area contributed by atoms with E-state index in [9.17, 15) is 19.8 Å². The Morgan fingerprint density at radius 3 is 1.79 bits per heavy atom. The van der Waals surface area contributed by atoms with Gasteiger partial charge in [0, 0.05) is 38.3 Å². The molecule has 14 heteroatoms. The molecule has 390 valence electrons. The quantitative estimate of drug-likeness (QED) is 0.0531. The molecule has 0 aromatic heterocycles. The van der Waals surface area contributed by atoms with Crippen LogP contribution < -0.4 is 16.4 Å². The number of benzene rings is 2. The zero-order chi connectivity index (χ0) is 51.6. The number of ether oxygens (including phenoxy) is 3. The Morgan fingerprint density at radius 1 is 0.794 bits per heavy atom. The van der Waals surface area contributed by atoms with Gasteiger partial charge in [0.25, 0.3) is 0 Å². The highest BCUT2D eigenvalue weighted by atomic mass is 28.4. The average Bonchev–Trinajstić information content (AvgIpc) is 3.87. The van der Waals surface area contributed by atoms with Gasteiger partial charge in [-0.15, -0.1) is 0 Å². The van der Waals surface area contributed by atoms with Crippen LogP contribution in [0.2, 0.25) is 36.3 Å². The fourth-order valence-electron chi connectivity index (χ4n) is 7.33. The van der Waals surface area contributed by atoms with Crippen LogP contribution in [0.15, 0.2) is 60.7 Å². The number of aliphatic hydroxyl groups excluding tert-OH is 2. The Kier molecular flexibility index (Phi) is 25.3. The average molecular weight is 989 g/mol. The molecule has 2 fully saturated rings. The van der Waals surface area contributed by atoms with Gasteiger partial charge in [0.2, 0.25) is 0 Å². The summed E-state index contributed by atoms with van der Waals surface area (Å²) in [4.78, 5) is 23.0. The second-order valence-electron chi connectivity index (χ2n) is 24.0. The van der Waals surface area contributed by atoms with Crippen molar-refractivity contribution in [2.45, 2.75) is 182 Å². The van der Waals surface area contributed by atoms with Crippen LogP contribution in [0.1, 0.15) is 113 Å². The maximum absolute atomic E-state index is 12.2. The van der Waals surface area contributed by atoms with E-state index >= 15 is 0 Å². The summed E-state index contributed by atoms with van der Waals surface area (Å²) in [5, 5.41) is 27.7. The lowest BCUT2D eigenvalue weighted by Crippen LogP contribution is -2.49. The lowest BCUT2D eigenvalue weighted by Gasteiger charge is -2.37. The number of carbonyl (C=O) groups excluding carboxylic acids is 2. The van der Waals surface area contributed by atoms with Crippen molar-refractivity contribution in [1.82, 2.24) is 10.6 Å². The van der Waals surface area contributed by atoms with Gasteiger partial charge in [-0.25, -0.2) is 4.79 Å². The zero-order valence-electron chi connectivity index (χ0n) is 45.3. The first-order valence-electron chi connectivity index (χ1n) is 25.2. The number of carbonyl (C=O) groups is 2. The van der Waals surface area contributed by atoms with E-state index in [-0.39, 0.29) is 57.8 Å². The molecule has 6 N–H and O–H groups in total. The van der Waals surface area contributed by atoms with Gasteiger partial charge in [-0.2, -0.15) is 0 Å². The zero-order valence-corrected chi connectivity index (χ0v) is 47.3. The van der Waals surface area contributed by atoms with Crippen molar-refractivity contribution in [3.63, 3.8) is 0 Å². The number of alkyl carbamates (subject to hydrolysis) is 1. The van der Waals surface area contributed by atoms with E-state index in [1.165, 1.54) is 5.56 Å². The summed E-state index contributed by atoms with van der Waals surface area (Å²) in [5.74, 6) is 0.788. The second kappa shape index (κ2) is 27.9. The van der Waals surface area contributed by atoms with Crippen molar-refractivity contribution in [2.75, 3.05) is 46.1 Å². The molecule has 2 aliphatic heterocycles. The Morgan fingerprint density at radius 2 is 1.31 bits per heavy atom. The third-order valence-electron chi connectivity index (χ3n) is 14.6. The topological polar surface area (TPSA) is 171 Å². The summed E-state index contributed by atoms with van der Waals surface area (Å²) in [5.41, 5.74) is 7.76. The minimum atomic E-state index is -1.68. The molecule has 2 aromatic carbocycles. The minimum Gasteiger partial charge on any atom is -0.443 e. The molecule has 0 radical (unpaired) electrons. The van der Waals surface area contributed by atoms with E-state index in [4.69, 9.17) is 28.8 Å². The number of rotatable bonds is 23. The van der Waals surface area contributed by atoms with E-state index in [2.05, 4.69) is 130 Å². The number of nitrogens with two attached hydrogens (primary N) is 1. The van der Waals surface area contributed by atoms with Gasteiger partial charge in [-0.3, -0.25) is 0 Å². The van der Waals surface area contributed by atoms with Crippen molar-refractivity contribution in [3.8, 4) is 0 Å². The number of aliphatic hydroxyl groups is 2. The fourth-order valence-corrected chi connectivity index (χ4v) is 9.42. The van der Waals surface area contributed by atoms with Crippen LogP contribution in [-0.2, 0) is 40.7 Å². The summed E-state index contributed by atoms with van der Waals surface area (Å²) in [7, 11) is -3.31. The predicted molar refractivity (Wildman–Crippen MR) is 283 cm³/mol. The Hall–Kier alpha value is -2.51. The Balaban J connectivity index is 0.000000368. The molecule has 12 nitrogen and oxygen atoms in total. The maximum atomic E-state index is 12.2. The Labute approximate surface area is 415 Å². The van der Waals surface area contributed by atoms with Crippen LogP contribution in [0, 0.1) is 28.6 Å². The second-order valence-corrected chi connectivity index (χ2v) is 33.6. The summed E-state index contributed by atoms with van der Waals surface area (Å²) >= 11 is 0. The molecule has 7 atom stereocenters. The first-order valence-corrected chi connectivity index (χ1v) is 31.0. The summed E-state index contributed by atoms with van der Waals surface area (Å²) < 4.78 is 28.7. The summed E-state index contributed by atoms with van der Waals surface area (Å²) in [6.45, 7) is 39.6. The third-order valence-corrected chi connectivity index (χ3v) is 23.6. The number of hydrogen-bond donors (Lipinski definition) is 5. The van der Waals surface area contributed by atoms with Crippen LogP contribution in [-0.4, -0.2) is 116 Å². The number of aldehydes is 1. The smallest absolute Gasteiger partial charge is 0.407 e. The third kappa shape index (κ3) is 21.9. The molecule has 0 saturated carbocycles. The van der Waals surface area contributed by atoms with Gasteiger partial charge in [-0.05, 0) is 96.7 Å². The minimum absolute atomic E-state index is 0.0584. The summed E-state index contributed by atoms with van der Waals surface area (Å²) in [6, 6.07) is 19.6. The van der Waals surface area contributed by atoms with Gasteiger partial charge in [0.15, 0.2) is 22.9 Å². The molecule has 2 aliphatic rings. The lowest BCUT2D eigenvalue weighted by atomic mass is 9.84. The van der Waals surface area contributed by atoms with Gasteiger partial charge < -0.3 is 54.4 Å². The van der Waals surface area contributed by atoms with E-state index in [0.29, 0.717) is 38.7 Å². The van der Waals surface area contributed by atoms with E-state index in [1.54, 1.807) is 0 Å². The van der Waals surface area contributed by atoms with Crippen molar-refractivity contribution in [2.24, 2.45) is 34.3 Å². The number of hydrogen-bond acceptors (Lipinski definition) is 11. The SMILES string of the molecule is CC(C)(C=O)CCO[Si](C)(C)C(C)(C)C.CC(C)[C@@H](Cc1ccccc1)[C@H](O)CNCC(C)(C)CCO[Si](C)(C)C(C)(C)C.NC[C@@H](O)[C@H](Cc1ccccc1)NC(=O)O[C@H]1CO[C@H]2OCC[C@H]21. The molecule has 2 aromatic rings. The van der Waals surface area contributed by atoms with Crippen LogP contribution in [0.5, 0.6) is 0 Å². The molecule has 0 unspecified atom stereocenters. The van der Waals surface area contributed by atoms with Gasteiger partial charge in [0.05, 0.1) is 37.4 Å². The van der Waals surface area contributed by atoms with E-state index < -0.39 is 34.9 Å². The molecule has 4 rings (SSSR count). The van der Waals surface area contributed by atoms with Crippen molar-refractivity contribution < 1.29 is 42.9 Å². The number of nitrogens with one attached hydrogen (secondary N) is 2. The van der Waals surface area contributed by atoms with E-state index in [1.807, 2.05) is 50.2 Å². The highest BCUT2D eigenvalue weighted by molar-refractivity contribution is 6.74. The Bertz CT molecular complexity index is 1720. The largest absolute Gasteiger partial charge is 0.443 e. The monoisotopic (exact) mass is 988 g/mol. The highest BCUT2D eigenvalue weighted by Crippen LogP contribution is 2.38. The van der Waals surface area contributed by atoms with Gasteiger partial charge in [-0.1, -0.05) is 144 Å².